The predicted molar refractivity (Wildman–Crippen MR) is 35.9 cm³/mol. The van der Waals surface area contributed by atoms with E-state index in [0.717, 1.165) is 0 Å². The van der Waals surface area contributed by atoms with Crippen LogP contribution in [0.4, 0.5) is 4.79 Å². The lowest BCUT2D eigenvalue weighted by atomic mass is 10.4. The van der Waals surface area contributed by atoms with Crippen LogP contribution in [0.2, 0.25) is 0 Å². The Labute approximate surface area is 58.6 Å². The number of carbonyl (C=O) groups excluding carboxylic acids is 1. The van der Waals surface area contributed by atoms with Gasteiger partial charge in [0.1, 0.15) is 5.76 Å². The van der Waals surface area contributed by atoms with Crippen LogP contribution in [-0.4, -0.2) is 5.30 Å². The summed E-state index contributed by atoms with van der Waals surface area (Å²) in [5, 5.41) is -0.662. The summed E-state index contributed by atoms with van der Waals surface area (Å²) in [6.07, 6.45) is 6.13. The first kappa shape index (κ1) is 6.29. The van der Waals surface area contributed by atoms with Crippen LogP contribution in [-0.2, 0) is 4.74 Å². The monoisotopic (exact) mass is 141 g/mol. The van der Waals surface area contributed by atoms with Crippen LogP contribution in [0.25, 0.3) is 0 Å². The lowest BCUT2D eigenvalue weighted by Crippen LogP contribution is -1.90. The third-order valence-electron chi connectivity index (χ3n) is 0.952. The molecule has 0 N–H and O–H groups in total. The lowest BCUT2D eigenvalue weighted by Gasteiger charge is -1.96. The van der Waals surface area contributed by atoms with Crippen molar-refractivity contribution in [1.29, 1.82) is 0 Å². The third kappa shape index (κ3) is 1.85. The highest BCUT2D eigenvalue weighted by atomic mass is 32.1. The van der Waals surface area contributed by atoms with Crippen molar-refractivity contribution in [2.24, 2.45) is 0 Å². The first-order chi connectivity index (χ1) is 4.29. The van der Waals surface area contributed by atoms with Crippen LogP contribution >= 0.6 is 12.6 Å². The zero-order valence-electron chi connectivity index (χ0n) is 4.66. The van der Waals surface area contributed by atoms with Gasteiger partial charge in [-0.1, -0.05) is 12.2 Å². The fourth-order valence-electron chi connectivity index (χ4n) is 0.610. The average molecular weight is 141 g/mol. The van der Waals surface area contributed by atoms with Crippen LogP contribution in [0.1, 0.15) is 6.42 Å². The van der Waals surface area contributed by atoms with E-state index in [1.165, 1.54) is 0 Å². The van der Waals surface area contributed by atoms with E-state index < -0.39 is 5.30 Å². The van der Waals surface area contributed by atoms with Gasteiger partial charge in [-0.15, -0.1) is 0 Å². The number of allylic oxidation sites excluding steroid dienone is 3. The van der Waals surface area contributed by atoms with Gasteiger partial charge in [0.2, 0.25) is 0 Å². The Balaban J connectivity index is 2.39. The minimum Gasteiger partial charge on any atom is -0.419 e. The van der Waals surface area contributed by atoms with Crippen LogP contribution in [0.3, 0.4) is 0 Å². The average Bonchev–Trinajstić information content (AvgIpc) is 2.15. The number of rotatable bonds is 1. The van der Waals surface area contributed by atoms with E-state index >= 15 is 0 Å². The van der Waals surface area contributed by atoms with Crippen LogP contribution < -0.4 is 0 Å². The Kier molecular flexibility index (Phi) is 1.85. The standard InChI is InChI=1S/C6H5O2S/c7-6(9)8-5-3-1-2-4-5/h1-3H,4H2. The van der Waals surface area contributed by atoms with Crippen LogP contribution in [0, 0.1) is 0 Å². The fraction of sp³-hybridized carbons (Fsp3) is 0.167. The second-order valence-electron chi connectivity index (χ2n) is 1.62. The minimum atomic E-state index is -0.662. The summed E-state index contributed by atoms with van der Waals surface area (Å²) in [7, 11) is 0. The summed E-state index contributed by atoms with van der Waals surface area (Å²) >= 11 is 4.19. The van der Waals surface area contributed by atoms with Gasteiger partial charge < -0.3 is 4.74 Å². The summed E-state index contributed by atoms with van der Waals surface area (Å²) in [5.41, 5.74) is 0. The maximum atomic E-state index is 10.1. The lowest BCUT2D eigenvalue weighted by molar-refractivity contribution is 0.204. The van der Waals surface area contributed by atoms with E-state index in [0.29, 0.717) is 12.2 Å². The second kappa shape index (κ2) is 2.64. The third-order valence-corrected chi connectivity index (χ3v) is 1.03. The highest BCUT2D eigenvalue weighted by Gasteiger charge is 2.03. The summed E-state index contributed by atoms with van der Waals surface area (Å²) in [4.78, 5) is 10.1. The molecule has 0 aliphatic heterocycles. The molecule has 0 saturated carbocycles. The van der Waals surface area contributed by atoms with Gasteiger partial charge in [-0.25, -0.2) is 4.79 Å². The smallest absolute Gasteiger partial charge is 0.405 e. The van der Waals surface area contributed by atoms with E-state index in [-0.39, 0.29) is 0 Å². The van der Waals surface area contributed by atoms with E-state index in [1.54, 1.807) is 6.08 Å². The molecule has 0 fully saturated rings. The molecule has 0 aromatic heterocycles. The molecular formula is C6H5O2S. The van der Waals surface area contributed by atoms with E-state index in [4.69, 9.17) is 0 Å². The topological polar surface area (TPSA) is 26.3 Å². The second-order valence-corrected chi connectivity index (χ2v) is 1.95. The van der Waals surface area contributed by atoms with Crippen molar-refractivity contribution in [3.63, 3.8) is 0 Å². The van der Waals surface area contributed by atoms with Gasteiger partial charge in [0.25, 0.3) is 0 Å². The molecule has 2 nitrogen and oxygen atoms in total. The molecule has 0 heterocycles. The van der Waals surface area contributed by atoms with Gasteiger partial charge in [-0.05, 0) is 6.08 Å². The van der Waals surface area contributed by atoms with E-state index in [2.05, 4.69) is 17.4 Å². The molecule has 0 saturated heterocycles. The van der Waals surface area contributed by atoms with Crippen LogP contribution in [0.5, 0.6) is 0 Å². The maximum absolute atomic E-state index is 10.1. The summed E-state index contributed by atoms with van der Waals surface area (Å²) in [5.74, 6) is 0.634. The van der Waals surface area contributed by atoms with Crippen molar-refractivity contribution >= 4 is 17.9 Å². The van der Waals surface area contributed by atoms with Crippen molar-refractivity contribution in [3.05, 3.63) is 24.0 Å². The van der Waals surface area contributed by atoms with Crippen LogP contribution in [0.15, 0.2) is 24.0 Å². The number of hydrogen-bond donors (Lipinski definition) is 0. The Hall–Kier alpha value is -0.830. The molecule has 0 bridgehead atoms. The van der Waals surface area contributed by atoms with Gasteiger partial charge in [-0.2, -0.15) is 0 Å². The molecule has 1 aliphatic carbocycles. The van der Waals surface area contributed by atoms with Gasteiger partial charge in [0.05, 0.1) is 0 Å². The van der Waals surface area contributed by atoms with Gasteiger partial charge >= 0.3 is 5.30 Å². The normalized spacial score (nSPS) is 15.3. The minimum absolute atomic E-state index is 0.634. The fourth-order valence-corrected chi connectivity index (χ4v) is 0.717. The highest BCUT2D eigenvalue weighted by Crippen LogP contribution is 2.12. The molecule has 0 amide bonds. The summed E-state index contributed by atoms with van der Waals surface area (Å²) in [6.45, 7) is 0. The van der Waals surface area contributed by atoms with Gasteiger partial charge in [0, 0.05) is 19.0 Å². The highest BCUT2D eigenvalue weighted by molar-refractivity contribution is 7.96. The number of carbonyl (C=O) groups is 1. The van der Waals surface area contributed by atoms with Crippen molar-refractivity contribution in [2.45, 2.75) is 6.42 Å². The Morgan fingerprint density at radius 3 is 3.00 bits per heavy atom. The van der Waals surface area contributed by atoms with Crippen molar-refractivity contribution < 1.29 is 9.53 Å². The SMILES string of the molecule is O=C([S])OC1=CC=CC1. The molecule has 3 heteroatoms. The molecule has 0 unspecified atom stereocenters. The predicted octanol–water partition coefficient (Wildman–Crippen LogP) is 2.16. The molecule has 0 atom stereocenters. The molecule has 0 aromatic carbocycles. The number of hydrogen-bond acceptors (Lipinski definition) is 2. The van der Waals surface area contributed by atoms with Crippen molar-refractivity contribution in [2.75, 3.05) is 0 Å². The molecule has 1 aliphatic rings. The van der Waals surface area contributed by atoms with E-state index in [9.17, 15) is 4.79 Å². The molecular weight excluding hydrogens is 136 g/mol. The molecule has 0 spiro atoms. The Morgan fingerprint density at radius 2 is 2.56 bits per heavy atom. The summed E-state index contributed by atoms with van der Waals surface area (Å²) < 4.78 is 4.59. The van der Waals surface area contributed by atoms with Gasteiger partial charge in [0.15, 0.2) is 0 Å². The first-order valence-corrected chi connectivity index (χ1v) is 2.94. The van der Waals surface area contributed by atoms with Crippen molar-refractivity contribution in [1.82, 2.24) is 0 Å². The Bertz CT molecular complexity index is 181. The molecule has 1 radical (unpaired) electrons. The zero-order valence-corrected chi connectivity index (χ0v) is 5.48. The molecule has 0 aromatic rings. The zero-order chi connectivity index (χ0) is 6.69. The molecule has 9 heavy (non-hydrogen) atoms. The molecule has 1 rings (SSSR count). The van der Waals surface area contributed by atoms with Gasteiger partial charge in [-0.3, -0.25) is 0 Å². The summed E-state index contributed by atoms with van der Waals surface area (Å²) in [6, 6.07) is 0. The maximum Gasteiger partial charge on any atom is 0.405 e. The molecule has 47 valence electrons. The first-order valence-electron chi connectivity index (χ1n) is 2.53. The quantitative estimate of drug-likeness (QED) is 0.523. The number of ether oxygens (including phenoxy) is 1. The largest absolute Gasteiger partial charge is 0.419 e. The van der Waals surface area contributed by atoms with Crippen molar-refractivity contribution in [3.8, 4) is 0 Å². The Morgan fingerprint density at radius 1 is 1.78 bits per heavy atom. The van der Waals surface area contributed by atoms with E-state index in [1.807, 2.05) is 12.2 Å².